The van der Waals surface area contributed by atoms with Gasteiger partial charge in [0.05, 0.1) is 11.8 Å². The molecule has 0 atom stereocenters. The van der Waals surface area contributed by atoms with Gasteiger partial charge < -0.3 is 4.90 Å². The van der Waals surface area contributed by atoms with E-state index in [1.807, 2.05) is 0 Å². The second-order valence-corrected chi connectivity index (χ2v) is 13.4. The molecule has 0 spiro atoms. The van der Waals surface area contributed by atoms with Gasteiger partial charge in [-0.2, -0.15) is 0 Å². The van der Waals surface area contributed by atoms with Gasteiger partial charge in [0, 0.05) is 20.3 Å². The smallest absolute Gasteiger partial charge is 0.0853 e. The van der Waals surface area contributed by atoms with Gasteiger partial charge in [0.15, 0.2) is 0 Å². The summed E-state index contributed by atoms with van der Waals surface area (Å²) in [6.07, 6.45) is 54.7. The van der Waals surface area contributed by atoms with Crippen molar-refractivity contribution in [3.8, 4) is 0 Å². The molecule has 0 amide bonds. The van der Waals surface area contributed by atoms with Crippen LogP contribution in [-0.2, 0) is 4.84 Å². The van der Waals surface area contributed by atoms with Crippen LogP contribution in [0.2, 0.25) is 0 Å². The number of hydrogen-bond donors (Lipinski definition) is 1. The first-order chi connectivity index (χ1) is 22.1. The van der Waals surface area contributed by atoms with Crippen LogP contribution in [0.1, 0.15) is 188 Å². The fraction of sp³-hybridized carbons (Fsp3) is 0.762. The summed E-state index contributed by atoms with van der Waals surface area (Å²) in [5.74, 6) is 0. The molecule has 45 heavy (non-hydrogen) atoms. The molecule has 262 valence electrons. The summed E-state index contributed by atoms with van der Waals surface area (Å²) in [6.45, 7) is 6.62. The maximum absolute atomic E-state index is 6.18. The van der Waals surface area contributed by atoms with Crippen molar-refractivity contribution in [3.05, 3.63) is 60.5 Å². The number of hydroxylamine groups is 1. The average molecular weight is 627 g/mol. The van der Waals surface area contributed by atoms with Gasteiger partial charge >= 0.3 is 0 Å². The third-order valence-corrected chi connectivity index (χ3v) is 8.29. The van der Waals surface area contributed by atoms with Gasteiger partial charge in [-0.1, -0.05) is 152 Å². The van der Waals surface area contributed by atoms with Crippen LogP contribution < -0.4 is 5.48 Å². The Bertz CT molecular complexity index is 685. The largest absolute Gasteiger partial charge is 0.382 e. The Kier molecular flexibility index (Phi) is 35.3. The molecular formula is C42H78N2O. The molecule has 0 aliphatic rings. The van der Waals surface area contributed by atoms with Crippen molar-refractivity contribution in [1.82, 2.24) is 10.4 Å². The van der Waals surface area contributed by atoms with Gasteiger partial charge in [0.25, 0.3) is 0 Å². The number of unbranched alkanes of at least 4 members (excludes halogenated alkanes) is 18. The van der Waals surface area contributed by atoms with Gasteiger partial charge in [0.1, 0.15) is 0 Å². The molecule has 0 saturated heterocycles. The van der Waals surface area contributed by atoms with Crippen LogP contribution in [-0.4, -0.2) is 25.1 Å². The summed E-state index contributed by atoms with van der Waals surface area (Å²) in [5, 5.41) is 0. The van der Waals surface area contributed by atoms with E-state index in [0.29, 0.717) is 6.10 Å². The third-order valence-electron chi connectivity index (χ3n) is 8.29. The molecule has 0 aliphatic carbocycles. The molecule has 0 rings (SSSR count). The Morgan fingerprint density at radius 1 is 0.511 bits per heavy atom. The van der Waals surface area contributed by atoms with Gasteiger partial charge in [0.2, 0.25) is 0 Å². The van der Waals surface area contributed by atoms with E-state index in [2.05, 4.69) is 100 Å². The molecule has 0 aromatic carbocycles. The highest BCUT2D eigenvalue weighted by atomic mass is 16.7. The minimum absolute atomic E-state index is 0.312. The highest BCUT2D eigenvalue weighted by Crippen LogP contribution is 2.17. The number of nitrogens with zero attached hydrogens (tertiary/aromatic N) is 1. The standard InChI is InChI=1S/C42H78N2O/c1-6-8-10-12-14-16-18-20-22-24-26-28-30-32-34-36-38-42(45-43-41(3)40-44(4)5)39-37-35-33-31-29-27-25-23-21-19-17-15-13-11-9-7-2/h14-17,20-23,40,42-43H,6-13,18-19,24-39H2,1-5H3/b16-14?,17-15?,22-20?,23-21?,41-40-. The summed E-state index contributed by atoms with van der Waals surface area (Å²) in [4.78, 5) is 8.24. The molecule has 3 heteroatoms. The third kappa shape index (κ3) is 36.6. The van der Waals surface area contributed by atoms with E-state index in [1.165, 1.54) is 141 Å². The lowest BCUT2D eigenvalue weighted by molar-refractivity contribution is -0.0195. The Morgan fingerprint density at radius 2 is 0.867 bits per heavy atom. The van der Waals surface area contributed by atoms with Gasteiger partial charge in [-0.25, -0.2) is 0 Å². The highest BCUT2D eigenvalue weighted by molar-refractivity contribution is 4.93. The maximum atomic E-state index is 6.18. The molecule has 0 aliphatic heterocycles. The van der Waals surface area contributed by atoms with Crippen molar-refractivity contribution in [2.24, 2.45) is 0 Å². The maximum Gasteiger partial charge on any atom is 0.0853 e. The minimum Gasteiger partial charge on any atom is -0.382 e. The Hall–Kier alpha value is -1.74. The average Bonchev–Trinajstić information content (AvgIpc) is 3.02. The van der Waals surface area contributed by atoms with Gasteiger partial charge in [-0.15, -0.1) is 0 Å². The van der Waals surface area contributed by atoms with Crippen molar-refractivity contribution in [1.29, 1.82) is 0 Å². The number of hydrogen-bond acceptors (Lipinski definition) is 3. The lowest BCUT2D eigenvalue weighted by Gasteiger charge is -2.19. The molecule has 0 aromatic heterocycles. The highest BCUT2D eigenvalue weighted by Gasteiger charge is 2.10. The molecule has 0 aromatic rings. The number of rotatable bonds is 34. The number of nitrogens with one attached hydrogen (secondary N) is 1. The fourth-order valence-electron chi connectivity index (χ4n) is 5.57. The van der Waals surface area contributed by atoms with Crippen molar-refractivity contribution >= 4 is 0 Å². The molecular weight excluding hydrogens is 548 g/mol. The predicted octanol–water partition coefficient (Wildman–Crippen LogP) is 13.7. The first-order valence-corrected chi connectivity index (χ1v) is 19.5. The first kappa shape index (κ1) is 43.3. The molecule has 1 N–H and O–H groups in total. The quantitative estimate of drug-likeness (QED) is 0.0437. The second-order valence-electron chi connectivity index (χ2n) is 13.4. The van der Waals surface area contributed by atoms with E-state index in [4.69, 9.17) is 4.84 Å². The van der Waals surface area contributed by atoms with Crippen molar-refractivity contribution < 1.29 is 4.84 Å². The summed E-state index contributed by atoms with van der Waals surface area (Å²) >= 11 is 0. The Labute approximate surface area is 283 Å². The van der Waals surface area contributed by atoms with Crippen molar-refractivity contribution in [2.45, 2.75) is 194 Å². The zero-order valence-electron chi connectivity index (χ0n) is 31.0. The van der Waals surface area contributed by atoms with Crippen LogP contribution in [0.5, 0.6) is 0 Å². The summed E-state index contributed by atoms with van der Waals surface area (Å²) in [5.41, 5.74) is 4.29. The summed E-state index contributed by atoms with van der Waals surface area (Å²) in [6, 6.07) is 0. The number of allylic oxidation sites excluding steroid dienone is 9. The molecule has 0 saturated carbocycles. The van der Waals surface area contributed by atoms with Gasteiger partial charge in [-0.05, 0) is 84.0 Å². The Balaban J connectivity index is 3.97. The van der Waals surface area contributed by atoms with Crippen LogP contribution in [0.25, 0.3) is 0 Å². The van der Waals surface area contributed by atoms with Crippen molar-refractivity contribution in [2.75, 3.05) is 14.1 Å². The molecule has 3 nitrogen and oxygen atoms in total. The molecule has 0 heterocycles. The zero-order valence-corrected chi connectivity index (χ0v) is 31.0. The lowest BCUT2D eigenvalue weighted by atomic mass is 10.0. The van der Waals surface area contributed by atoms with Crippen LogP contribution in [0.4, 0.5) is 0 Å². The van der Waals surface area contributed by atoms with E-state index in [0.717, 1.165) is 31.4 Å². The van der Waals surface area contributed by atoms with E-state index in [-0.39, 0.29) is 0 Å². The summed E-state index contributed by atoms with van der Waals surface area (Å²) < 4.78 is 0. The van der Waals surface area contributed by atoms with E-state index in [1.54, 1.807) is 0 Å². The molecule has 0 radical (unpaired) electrons. The molecule has 0 unspecified atom stereocenters. The monoisotopic (exact) mass is 627 g/mol. The fourth-order valence-corrected chi connectivity index (χ4v) is 5.57. The normalized spacial score (nSPS) is 13.3. The van der Waals surface area contributed by atoms with Gasteiger partial charge in [-0.3, -0.25) is 10.3 Å². The Morgan fingerprint density at radius 3 is 1.24 bits per heavy atom. The van der Waals surface area contributed by atoms with Crippen LogP contribution in [0, 0.1) is 0 Å². The van der Waals surface area contributed by atoms with Crippen LogP contribution in [0.15, 0.2) is 60.5 Å². The minimum atomic E-state index is 0.312. The van der Waals surface area contributed by atoms with E-state index < -0.39 is 0 Å². The second kappa shape index (κ2) is 36.7. The predicted molar refractivity (Wildman–Crippen MR) is 203 cm³/mol. The SMILES string of the molecule is CCCCCC=CCC=CCCCCCCCCC(CCCCCCCCC=CCC=CCCCCC)ON/C(C)=C\N(C)C. The van der Waals surface area contributed by atoms with Crippen molar-refractivity contribution in [3.63, 3.8) is 0 Å². The zero-order chi connectivity index (χ0) is 32.9. The molecule has 0 bridgehead atoms. The summed E-state index contributed by atoms with van der Waals surface area (Å²) in [7, 11) is 4.10. The van der Waals surface area contributed by atoms with E-state index in [9.17, 15) is 0 Å². The van der Waals surface area contributed by atoms with Crippen LogP contribution in [0.3, 0.4) is 0 Å². The topological polar surface area (TPSA) is 24.5 Å². The first-order valence-electron chi connectivity index (χ1n) is 19.5. The van der Waals surface area contributed by atoms with E-state index >= 15 is 0 Å². The van der Waals surface area contributed by atoms with Crippen LogP contribution >= 0.6 is 0 Å². The molecule has 0 fully saturated rings. The lowest BCUT2D eigenvalue weighted by Crippen LogP contribution is -2.24.